The van der Waals surface area contributed by atoms with Gasteiger partial charge in [-0.2, -0.15) is 4.31 Å². The van der Waals surface area contributed by atoms with Crippen LogP contribution in [0.1, 0.15) is 17.8 Å². The molecular weight excluding hydrogens is 461 g/mol. The SMILES string of the molecule is Cc1nc2ccc3nc(NC(=O)C4CCN(S(=O)(=O)c5cccs5)CC4)sc3c2s1. The maximum atomic E-state index is 12.8. The number of carbonyl (C=O) groups is 1. The lowest BCUT2D eigenvalue weighted by Crippen LogP contribution is -2.41. The number of carbonyl (C=O) groups excluding carboxylic acids is 1. The van der Waals surface area contributed by atoms with E-state index >= 15 is 0 Å². The summed E-state index contributed by atoms with van der Waals surface area (Å²) in [7, 11) is -3.46. The van der Waals surface area contributed by atoms with Gasteiger partial charge < -0.3 is 5.32 Å². The largest absolute Gasteiger partial charge is 0.302 e. The summed E-state index contributed by atoms with van der Waals surface area (Å²) in [6.45, 7) is 2.67. The molecule has 1 aliphatic rings. The number of aromatic nitrogens is 2. The van der Waals surface area contributed by atoms with Crippen molar-refractivity contribution in [2.24, 2.45) is 5.92 Å². The summed E-state index contributed by atoms with van der Waals surface area (Å²) in [5, 5.41) is 6.27. The van der Waals surface area contributed by atoms with Crippen LogP contribution in [0, 0.1) is 12.8 Å². The van der Waals surface area contributed by atoms with Gasteiger partial charge in [0.05, 0.1) is 25.4 Å². The van der Waals surface area contributed by atoms with Gasteiger partial charge in [0.1, 0.15) is 4.21 Å². The number of anilines is 1. The summed E-state index contributed by atoms with van der Waals surface area (Å²) >= 11 is 4.30. The Hall–Kier alpha value is -1.92. The Balaban J connectivity index is 1.28. The zero-order chi connectivity index (χ0) is 20.9. The lowest BCUT2D eigenvalue weighted by molar-refractivity contribution is -0.120. The third kappa shape index (κ3) is 3.54. The van der Waals surface area contributed by atoms with E-state index in [1.54, 1.807) is 28.8 Å². The molecule has 4 aromatic rings. The third-order valence-corrected chi connectivity index (χ3v) is 10.6. The molecule has 1 saturated heterocycles. The molecule has 7 nitrogen and oxygen atoms in total. The molecule has 3 aromatic heterocycles. The molecule has 0 atom stereocenters. The van der Waals surface area contributed by atoms with Crippen molar-refractivity contribution < 1.29 is 13.2 Å². The van der Waals surface area contributed by atoms with Gasteiger partial charge in [0.2, 0.25) is 5.91 Å². The molecule has 0 radical (unpaired) electrons. The second kappa shape index (κ2) is 7.65. The van der Waals surface area contributed by atoms with Crippen molar-refractivity contribution in [1.82, 2.24) is 14.3 Å². The number of thiophene rings is 1. The number of fused-ring (bicyclic) bond motifs is 3. The zero-order valence-electron chi connectivity index (χ0n) is 16.0. The fourth-order valence-electron chi connectivity index (χ4n) is 3.64. The number of hydrogen-bond acceptors (Lipinski definition) is 8. The predicted octanol–water partition coefficient (Wildman–Crippen LogP) is 4.32. The number of benzene rings is 1. The van der Waals surface area contributed by atoms with Crippen molar-refractivity contribution in [2.75, 3.05) is 18.4 Å². The Morgan fingerprint density at radius 1 is 1.10 bits per heavy atom. The fourth-order valence-corrected chi connectivity index (χ4v) is 8.26. The number of sulfonamides is 1. The molecule has 0 aliphatic carbocycles. The Kier molecular flexibility index (Phi) is 5.10. The molecule has 0 bridgehead atoms. The third-order valence-electron chi connectivity index (χ3n) is 5.16. The van der Waals surface area contributed by atoms with Crippen LogP contribution in [0.25, 0.3) is 20.4 Å². The molecule has 0 saturated carbocycles. The monoisotopic (exact) mass is 478 g/mol. The Labute approximate surface area is 185 Å². The molecule has 1 aliphatic heterocycles. The Bertz CT molecular complexity index is 1330. The fraction of sp³-hybridized carbons (Fsp3) is 0.316. The number of nitrogens with one attached hydrogen (secondary N) is 1. The van der Waals surface area contributed by atoms with E-state index in [9.17, 15) is 13.2 Å². The second-order valence-electron chi connectivity index (χ2n) is 7.11. The molecule has 1 fully saturated rings. The van der Waals surface area contributed by atoms with Crippen molar-refractivity contribution in [3.05, 3.63) is 34.7 Å². The van der Waals surface area contributed by atoms with Gasteiger partial charge in [-0.05, 0) is 43.3 Å². The van der Waals surface area contributed by atoms with Gasteiger partial charge >= 0.3 is 0 Å². The standard InChI is InChI=1S/C19H18N4O3S4/c1-11-20-13-4-5-14-17(16(13)28-11)29-19(21-14)22-18(24)12-6-8-23(9-7-12)30(25,26)15-3-2-10-27-15/h2-5,10,12H,6-9H2,1H3,(H,21,22,24). The first-order chi connectivity index (χ1) is 14.4. The topological polar surface area (TPSA) is 92.3 Å². The summed E-state index contributed by atoms with van der Waals surface area (Å²) in [6.07, 6.45) is 0.999. The predicted molar refractivity (Wildman–Crippen MR) is 122 cm³/mol. The van der Waals surface area contributed by atoms with Crippen LogP contribution in [0.4, 0.5) is 5.13 Å². The Morgan fingerprint density at radius 3 is 2.50 bits per heavy atom. The van der Waals surface area contributed by atoms with E-state index in [-0.39, 0.29) is 11.8 Å². The summed E-state index contributed by atoms with van der Waals surface area (Å²) in [5.74, 6) is -0.323. The van der Waals surface area contributed by atoms with Crippen LogP contribution in [-0.2, 0) is 14.8 Å². The number of aryl methyl sites for hydroxylation is 1. The van der Waals surface area contributed by atoms with E-state index in [1.807, 2.05) is 19.1 Å². The van der Waals surface area contributed by atoms with Gasteiger partial charge in [-0.15, -0.1) is 22.7 Å². The van der Waals surface area contributed by atoms with E-state index < -0.39 is 10.0 Å². The molecule has 0 spiro atoms. The highest BCUT2D eigenvalue weighted by Gasteiger charge is 2.32. The quantitative estimate of drug-likeness (QED) is 0.472. The maximum absolute atomic E-state index is 12.8. The van der Waals surface area contributed by atoms with Crippen LogP contribution >= 0.6 is 34.0 Å². The molecule has 1 N–H and O–H groups in total. The van der Waals surface area contributed by atoms with Gasteiger partial charge in [-0.1, -0.05) is 17.4 Å². The molecule has 1 amide bonds. The number of piperidine rings is 1. The van der Waals surface area contributed by atoms with Crippen molar-refractivity contribution in [3.63, 3.8) is 0 Å². The molecular formula is C19H18N4O3S4. The summed E-state index contributed by atoms with van der Waals surface area (Å²) in [4.78, 5) is 21.8. The van der Waals surface area contributed by atoms with Gasteiger partial charge in [0, 0.05) is 19.0 Å². The maximum Gasteiger partial charge on any atom is 0.252 e. The average Bonchev–Trinajstić information content (AvgIpc) is 3.46. The summed E-state index contributed by atoms with van der Waals surface area (Å²) in [5.41, 5.74) is 1.80. The normalized spacial score (nSPS) is 16.4. The zero-order valence-corrected chi connectivity index (χ0v) is 19.3. The molecule has 30 heavy (non-hydrogen) atoms. The lowest BCUT2D eigenvalue weighted by atomic mass is 9.97. The van der Waals surface area contributed by atoms with E-state index in [4.69, 9.17) is 0 Å². The minimum absolute atomic E-state index is 0.0982. The van der Waals surface area contributed by atoms with Crippen molar-refractivity contribution in [3.8, 4) is 0 Å². The first-order valence-corrected chi connectivity index (χ1v) is 13.4. The van der Waals surface area contributed by atoms with E-state index in [0.717, 1.165) is 25.4 Å². The highest BCUT2D eigenvalue weighted by atomic mass is 32.2. The van der Waals surface area contributed by atoms with Crippen LogP contribution in [0.15, 0.2) is 33.9 Å². The smallest absolute Gasteiger partial charge is 0.252 e. The van der Waals surface area contributed by atoms with Gasteiger partial charge in [-0.3, -0.25) is 4.79 Å². The molecule has 156 valence electrons. The second-order valence-corrected chi connectivity index (χ2v) is 12.4. The number of rotatable bonds is 4. The first-order valence-electron chi connectivity index (χ1n) is 9.43. The molecule has 4 heterocycles. The number of thiazole rings is 2. The molecule has 5 rings (SSSR count). The van der Waals surface area contributed by atoms with Crippen LogP contribution in [0.5, 0.6) is 0 Å². The average molecular weight is 479 g/mol. The van der Waals surface area contributed by atoms with Gasteiger partial charge in [0.25, 0.3) is 10.0 Å². The van der Waals surface area contributed by atoms with Crippen LogP contribution in [-0.4, -0.2) is 41.7 Å². The summed E-state index contributed by atoms with van der Waals surface area (Å²) in [6, 6.07) is 7.23. The van der Waals surface area contributed by atoms with Crippen molar-refractivity contribution >= 4 is 75.5 Å². The van der Waals surface area contributed by atoms with Gasteiger partial charge in [0.15, 0.2) is 5.13 Å². The summed E-state index contributed by atoms with van der Waals surface area (Å²) < 4.78 is 29.2. The van der Waals surface area contributed by atoms with E-state index in [2.05, 4.69) is 15.3 Å². The number of amides is 1. The molecule has 11 heteroatoms. The molecule has 0 unspecified atom stereocenters. The Morgan fingerprint density at radius 2 is 1.80 bits per heavy atom. The highest BCUT2D eigenvalue weighted by Crippen LogP contribution is 2.36. The van der Waals surface area contributed by atoms with Crippen molar-refractivity contribution in [2.45, 2.75) is 24.0 Å². The van der Waals surface area contributed by atoms with Crippen LogP contribution in [0.3, 0.4) is 0 Å². The van der Waals surface area contributed by atoms with Crippen LogP contribution < -0.4 is 5.32 Å². The number of hydrogen-bond donors (Lipinski definition) is 1. The minimum atomic E-state index is -3.46. The van der Waals surface area contributed by atoms with Crippen LogP contribution in [0.2, 0.25) is 0 Å². The number of nitrogens with zero attached hydrogens (tertiary/aromatic N) is 3. The van der Waals surface area contributed by atoms with Gasteiger partial charge in [-0.25, -0.2) is 18.4 Å². The highest BCUT2D eigenvalue weighted by molar-refractivity contribution is 7.91. The lowest BCUT2D eigenvalue weighted by Gasteiger charge is -2.29. The van der Waals surface area contributed by atoms with E-state index in [1.165, 1.54) is 27.0 Å². The molecule has 1 aromatic carbocycles. The first kappa shape index (κ1) is 20.0. The minimum Gasteiger partial charge on any atom is -0.302 e. The van der Waals surface area contributed by atoms with E-state index in [0.29, 0.717) is 35.3 Å². The van der Waals surface area contributed by atoms with Crippen molar-refractivity contribution in [1.29, 1.82) is 0 Å².